The molecule has 0 rings (SSSR count). The number of esters is 2. The molecule has 0 aromatic carbocycles. The molecule has 0 aliphatic rings. The van der Waals surface area contributed by atoms with Crippen LogP contribution in [-0.2, 0) is 19.1 Å². The standard InChI is InChI=1S/C71H124O5/c1-3-5-7-9-11-13-15-17-19-21-23-25-27-28-29-30-31-32-33-34-35-36-37-38-39-40-41-42-44-46-48-50-52-54-56-58-60-62-64-66-71(74)76-69(67-72)68-75-70(73)65-63-61-59-57-55-53-51-49-47-45-43-26-24-22-20-18-16-14-12-10-8-6-4-2/h5,7,11,13,16-19,22-25,28-29,31-32,69,72H,3-4,6,8-10,12,14-15,20-21,26-27,30,33-68H2,1-2H3/b7-5-,13-11-,18-16-,19-17-,24-22-,25-23-,29-28-,32-31-. The van der Waals surface area contributed by atoms with E-state index in [0.29, 0.717) is 12.8 Å². The van der Waals surface area contributed by atoms with Crippen LogP contribution in [0.25, 0.3) is 0 Å². The third-order valence-corrected chi connectivity index (χ3v) is 14.4. The number of rotatable bonds is 60. The van der Waals surface area contributed by atoms with Crippen molar-refractivity contribution in [2.75, 3.05) is 13.2 Å². The van der Waals surface area contributed by atoms with E-state index in [9.17, 15) is 14.7 Å². The lowest BCUT2D eigenvalue weighted by molar-refractivity contribution is -0.161. The quantitative estimate of drug-likeness (QED) is 0.0373. The Balaban J connectivity index is 3.45. The Hall–Kier alpha value is -3.18. The summed E-state index contributed by atoms with van der Waals surface area (Å²) in [5.74, 6) is -0.581. The maximum absolute atomic E-state index is 12.3. The van der Waals surface area contributed by atoms with Crippen molar-refractivity contribution in [1.82, 2.24) is 0 Å². The third-order valence-electron chi connectivity index (χ3n) is 14.4. The second kappa shape index (κ2) is 66.1. The number of aliphatic hydroxyl groups excluding tert-OH is 1. The van der Waals surface area contributed by atoms with Crippen molar-refractivity contribution in [3.8, 4) is 0 Å². The van der Waals surface area contributed by atoms with Gasteiger partial charge in [-0.1, -0.05) is 310 Å². The molecule has 1 atom stereocenters. The van der Waals surface area contributed by atoms with Crippen molar-refractivity contribution in [3.05, 3.63) is 97.2 Å². The van der Waals surface area contributed by atoms with E-state index >= 15 is 0 Å². The Morgan fingerprint density at radius 3 is 0.855 bits per heavy atom. The molecule has 76 heavy (non-hydrogen) atoms. The molecule has 0 heterocycles. The monoisotopic (exact) mass is 1060 g/mol. The summed E-state index contributed by atoms with van der Waals surface area (Å²) < 4.78 is 10.7. The van der Waals surface area contributed by atoms with Gasteiger partial charge in [-0.2, -0.15) is 0 Å². The largest absolute Gasteiger partial charge is 0.462 e. The topological polar surface area (TPSA) is 72.8 Å². The second-order valence-corrected chi connectivity index (χ2v) is 21.8. The van der Waals surface area contributed by atoms with Gasteiger partial charge in [-0.15, -0.1) is 0 Å². The molecule has 0 aliphatic heterocycles. The molecule has 0 saturated carbocycles. The van der Waals surface area contributed by atoms with E-state index in [4.69, 9.17) is 9.47 Å². The van der Waals surface area contributed by atoms with E-state index in [0.717, 1.165) is 83.5 Å². The van der Waals surface area contributed by atoms with Gasteiger partial charge in [0.1, 0.15) is 6.61 Å². The molecule has 0 amide bonds. The van der Waals surface area contributed by atoms with Crippen molar-refractivity contribution in [3.63, 3.8) is 0 Å². The molecule has 5 heteroatoms. The predicted octanol–water partition coefficient (Wildman–Crippen LogP) is 22.6. The fraction of sp³-hybridized carbons (Fsp3) is 0.746. The van der Waals surface area contributed by atoms with Gasteiger partial charge in [0.25, 0.3) is 0 Å². The number of carbonyl (C=O) groups is 2. The van der Waals surface area contributed by atoms with Crippen LogP contribution in [0.3, 0.4) is 0 Å². The Morgan fingerprint density at radius 2 is 0.566 bits per heavy atom. The van der Waals surface area contributed by atoms with Crippen molar-refractivity contribution in [1.29, 1.82) is 0 Å². The van der Waals surface area contributed by atoms with Crippen molar-refractivity contribution in [2.45, 2.75) is 328 Å². The van der Waals surface area contributed by atoms with Crippen molar-refractivity contribution < 1.29 is 24.2 Å². The van der Waals surface area contributed by atoms with Crippen LogP contribution in [0.5, 0.6) is 0 Å². The number of unbranched alkanes of at least 4 members (excludes halogenated alkanes) is 36. The Kier molecular flexibility index (Phi) is 63.3. The van der Waals surface area contributed by atoms with Crippen LogP contribution in [0.1, 0.15) is 322 Å². The van der Waals surface area contributed by atoms with Crippen molar-refractivity contribution in [2.24, 2.45) is 0 Å². The van der Waals surface area contributed by atoms with Gasteiger partial charge in [0.15, 0.2) is 6.10 Å². The van der Waals surface area contributed by atoms with Crippen LogP contribution >= 0.6 is 0 Å². The Labute approximate surface area is 472 Å². The first-order chi connectivity index (χ1) is 37.6. The zero-order valence-corrected chi connectivity index (χ0v) is 50.3. The van der Waals surface area contributed by atoms with E-state index in [-0.39, 0.29) is 25.2 Å². The molecule has 438 valence electrons. The fourth-order valence-corrected chi connectivity index (χ4v) is 9.47. The lowest BCUT2D eigenvalue weighted by Gasteiger charge is -2.15. The highest BCUT2D eigenvalue weighted by Crippen LogP contribution is 2.17. The molecular formula is C71H124O5. The summed E-state index contributed by atoms with van der Waals surface area (Å²) in [6, 6.07) is 0. The fourth-order valence-electron chi connectivity index (χ4n) is 9.47. The van der Waals surface area contributed by atoms with E-state index in [1.54, 1.807) is 0 Å². The number of carbonyl (C=O) groups excluding carboxylic acids is 2. The van der Waals surface area contributed by atoms with Crippen LogP contribution in [0.4, 0.5) is 0 Å². The lowest BCUT2D eigenvalue weighted by atomic mass is 10.0. The molecular weight excluding hydrogens is 933 g/mol. The van der Waals surface area contributed by atoms with Crippen LogP contribution in [0.2, 0.25) is 0 Å². The molecule has 5 nitrogen and oxygen atoms in total. The number of hydrogen-bond acceptors (Lipinski definition) is 5. The van der Waals surface area contributed by atoms with Gasteiger partial charge in [-0.3, -0.25) is 9.59 Å². The zero-order valence-electron chi connectivity index (χ0n) is 50.3. The summed E-state index contributed by atoms with van der Waals surface area (Å²) in [5, 5.41) is 9.68. The lowest BCUT2D eigenvalue weighted by Crippen LogP contribution is -2.28. The summed E-state index contributed by atoms with van der Waals surface area (Å²) in [4.78, 5) is 24.6. The average molecular weight is 1060 g/mol. The van der Waals surface area contributed by atoms with Gasteiger partial charge in [-0.05, 0) is 96.3 Å². The van der Waals surface area contributed by atoms with Gasteiger partial charge in [-0.25, -0.2) is 0 Å². The summed E-state index contributed by atoms with van der Waals surface area (Å²) in [7, 11) is 0. The number of aliphatic hydroxyl groups is 1. The number of hydrogen-bond donors (Lipinski definition) is 1. The maximum atomic E-state index is 12.3. The summed E-state index contributed by atoms with van der Waals surface area (Å²) in [6.45, 7) is 4.05. The minimum absolute atomic E-state index is 0.0663. The molecule has 0 spiro atoms. The normalized spacial score (nSPS) is 12.8. The average Bonchev–Trinajstić information content (AvgIpc) is 3.42. The highest BCUT2D eigenvalue weighted by Gasteiger charge is 2.16. The smallest absolute Gasteiger partial charge is 0.306 e. The first-order valence-corrected chi connectivity index (χ1v) is 32.8. The summed E-state index contributed by atoms with van der Waals surface area (Å²) in [5.41, 5.74) is 0. The molecule has 0 radical (unpaired) electrons. The van der Waals surface area contributed by atoms with E-state index in [1.165, 1.54) is 212 Å². The Bertz CT molecular complexity index is 1430. The second-order valence-electron chi connectivity index (χ2n) is 21.8. The molecule has 0 saturated heterocycles. The molecule has 0 aromatic heterocycles. The van der Waals surface area contributed by atoms with Crippen LogP contribution < -0.4 is 0 Å². The highest BCUT2D eigenvalue weighted by atomic mass is 16.6. The minimum Gasteiger partial charge on any atom is -0.462 e. The molecule has 1 N–H and O–H groups in total. The van der Waals surface area contributed by atoms with Crippen molar-refractivity contribution >= 4 is 11.9 Å². The highest BCUT2D eigenvalue weighted by molar-refractivity contribution is 5.70. The van der Waals surface area contributed by atoms with Crippen LogP contribution in [0.15, 0.2) is 97.2 Å². The van der Waals surface area contributed by atoms with Crippen LogP contribution in [0, 0.1) is 0 Å². The number of ether oxygens (including phenoxy) is 2. The van der Waals surface area contributed by atoms with Gasteiger partial charge < -0.3 is 14.6 Å². The Morgan fingerprint density at radius 1 is 0.316 bits per heavy atom. The maximum Gasteiger partial charge on any atom is 0.306 e. The van der Waals surface area contributed by atoms with Crippen LogP contribution in [-0.4, -0.2) is 36.4 Å². The molecule has 0 fully saturated rings. The van der Waals surface area contributed by atoms with Gasteiger partial charge >= 0.3 is 11.9 Å². The number of allylic oxidation sites excluding steroid dienone is 16. The third kappa shape index (κ3) is 63.4. The first-order valence-electron chi connectivity index (χ1n) is 32.8. The van der Waals surface area contributed by atoms with E-state index in [2.05, 4.69) is 111 Å². The molecule has 0 aliphatic carbocycles. The predicted molar refractivity (Wildman–Crippen MR) is 334 cm³/mol. The SMILES string of the molecule is CC/C=C\C/C=C\C/C=C\C/C=C\C/C=C\C/C=C\CCCCCCCCCCCCCCCCCCCCCCC(=O)OC(CO)COC(=O)CCCCCCCCCCCCC/C=C\C/C=C\CCCCCCC. The van der Waals surface area contributed by atoms with Gasteiger partial charge in [0.2, 0.25) is 0 Å². The molecule has 0 bridgehead atoms. The van der Waals surface area contributed by atoms with Gasteiger partial charge in [0.05, 0.1) is 6.61 Å². The van der Waals surface area contributed by atoms with E-state index in [1.807, 2.05) is 0 Å². The first kappa shape index (κ1) is 72.8. The molecule has 0 aromatic rings. The summed E-state index contributed by atoms with van der Waals surface area (Å²) in [6.07, 6.45) is 94.2. The van der Waals surface area contributed by atoms with Gasteiger partial charge in [0, 0.05) is 12.8 Å². The minimum atomic E-state index is -0.776. The molecule has 1 unspecified atom stereocenters. The zero-order chi connectivity index (χ0) is 54.8. The van der Waals surface area contributed by atoms with E-state index < -0.39 is 6.10 Å². The summed E-state index contributed by atoms with van der Waals surface area (Å²) >= 11 is 0.